The third kappa shape index (κ3) is 3.07. The van der Waals surface area contributed by atoms with Gasteiger partial charge in [0.05, 0.1) is 12.8 Å². The maximum atomic E-state index is 11.4. The molecule has 0 N–H and O–H groups in total. The number of carbonyl (C=O) groups is 1. The second kappa shape index (κ2) is 5.82. The van der Waals surface area contributed by atoms with E-state index >= 15 is 0 Å². The Morgan fingerprint density at radius 1 is 1.33 bits per heavy atom. The average Bonchev–Trinajstić information content (AvgIpc) is 2.87. The topological polar surface area (TPSA) is 52.3 Å². The van der Waals surface area contributed by atoms with Crippen molar-refractivity contribution in [3.8, 4) is 0 Å². The fraction of sp³-hybridized carbons (Fsp3) is 0.143. The Morgan fingerprint density at radius 2 is 2.11 bits per heavy atom. The van der Waals surface area contributed by atoms with Crippen LogP contribution in [0.15, 0.2) is 40.9 Å². The van der Waals surface area contributed by atoms with Crippen molar-refractivity contribution >= 4 is 18.1 Å². The SMILES string of the molecule is CCOC(=O)c1cnc(C=Cc2ccccc2)o1. The molecule has 0 amide bonds. The van der Waals surface area contributed by atoms with E-state index in [1.807, 2.05) is 36.4 Å². The number of rotatable bonds is 4. The van der Waals surface area contributed by atoms with Gasteiger partial charge in [-0.3, -0.25) is 0 Å². The van der Waals surface area contributed by atoms with Gasteiger partial charge in [0, 0.05) is 6.08 Å². The normalized spacial score (nSPS) is 10.7. The summed E-state index contributed by atoms with van der Waals surface area (Å²) in [5.41, 5.74) is 1.04. The molecule has 0 aliphatic rings. The minimum absolute atomic E-state index is 0.115. The minimum Gasteiger partial charge on any atom is -0.460 e. The number of oxazole rings is 1. The smallest absolute Gasteiger partial charge is 0.375 e. The zero-order chi connectivity index (χ0) is 12.8. The summed E-state index contributed by atoms with van der Waals surface area (Å²) < 4.78 is 10.1. The van der Waals surface area contributed by atoms with Gasteiger partial charge in [-0.05, 0) is 18.6 Å². The van der Waals surface area contributed by atoms with Crippen LogP contribution in [0.1, 0.15) is 28.9 Å². The highest BCUT2D eigenvalue weighted by Crippen LogP contribution is 2.10. The number of benzene rings is 1. The van der Waals surface area contributed by atoms with Crippen molar-refractivity contribution in [3.63, 3.8) is 0 Å². The van der Waals surface area contributed by atoms with Crippen LogP contribution in [0.3, 0.4) is 0 Å². The molecular formula is C14H13NO3. The van der Waals surface area contributed by atoms with E-state index in [0.717, 1.165) is 5.56 Å². The lowest BCUT2D eigenvalue weighted by molar-refractivity contribution is 0.0489. The highest BCUT2D eigenvalue weighted by atomic mass is 16.5. The molecular weight excluding hydrogens is 230 g/mol. The van der Waals surface area contributed by atoms with Gasteiger partial charge < -0.3 is 9.15 Å². The highest BCUT2D eigenvalue weighted by Gasteiger charge is 2.11. The first-order valence-electron chi connectivity index (χ1n) is 5.65. The van der Waals surface area contributed by atoms with E-state index in [1.54, 1.807) is 13.0 Å². The molecule has 0 aliphatic carbocycles. The van der Waals surface area contributed by atoms with Crippen molar-refractivity contribution in [1.29, 1.82) is 0 Å². The maximum absolute atomic E-state index is 11.4. The first-order valence-corrected chi connectivity index (χ1v) is 5.65. The molecule has 0 fully saturated rings. The molecule has 4 heteroatoms. The molecule has 0 atom stereocenters. The molecule has 0 bridgehead atoms. The molecule has 1 heterocycles. The van der Waals surface area contributed by atoms with Gasteiger partial charge in [0.2, 0.25) is 11.7 Å². The average molecular weight is 243 g/mol. The van der Waals surface area contributed by atoms with Crippen LogP contribution in [0.4, 0.5) is 0 Å². The van der Waals surface area contributed by atoms with Crippen LogP contribution in [0.2, 0.25) is 0 Å². The first kappa shape index (κ1) is 12.1. The molecule has 1 aromatic carbocycles. The lowest BCUT2D eigenvalue weighted by Gasteiger charge is -1.95. The van der Waals surface area contributed by atoms with Crippen LogP contribution in [0, 0.1) is 0 Å². The molecule has 2 rings (SSSR count). The second-order valence-electron chi connectivity index (χ2n) is 3.53. The Balaban J connectivity index is 2.07. The van der Waals surface area contributed by atoms with Crippen LogP contribution >= 0.6 is 0 Å². The summed E-state index contributed by atoms with van der Waals surface area (Å²) in [5.74, 6) is -0.00386. The van der Waals surface area contributed by atoms with Crippen molar-refractivity contribution < 1.29 is 13.9 Å². The number of nitrogens with zero attached hydrogens (tertiary/aromatic N) is 1. The van der Waals surface area contributed by atoms with Crippen molar-refractivity contribution in [2.75, 3.05) is 6.61 Å². The number of hydrogen-bond donors (Lipinski definition) is 0. The molecule has 4 nitrogen and oxygen atoms in total. The van der Waals surface area contributed by atoms with E-state index in [0.29, 0.717) is 12.5 Å². The zero-order valence-corrected chi connectivity index (χ0v) is 10.00. The van der Waals surface area contributed by atoms with E-state index in [4.69, 9.17) is 9.15 Å². The van der Waals surface area contributed by atoms with Crippen molar-refractivity contribution in [3.05, 3.63) is 53.7 Å². The Kier molecular flexibility index (Phi) is 3.91. The minimum atomic E-state index is -0.496. The third-order valence-corrected chi connectivity index (χ3v) is 2.22. The summed E-state index contributed by atoms with van der Waals surface area (Å²) in [7, 11) is 0. The van der Waals surface area contributed by atoms with Crippen LogP contribution in [-0.2, 0) is 4.74 Å². The Bertz CT molecular complexity index is 543. The molecule has 0 unspecified atom stereocenters. The predicted octanol–water partition coefficient (Wildman–Crippen LogP) is 3.02. The van der Waals surface area contributed by atoms with Gasteiger partial charge in [0.1, 0.15) is 0 Å². The number of carbonyl (C=O) groups excluding carboxylic acids is 1. The fourth-order valence-electron chi connectivity index (χ4n) is 1.39. The van der Waals surface area contributed by atoms with E-state index < -0.39 is 5.97 Å². The summed E-state index contributed by atoms with van der Waals surface area (Å²) in [5, 5.41) is 0. The van der Waals surface area contributed by atoms with E-state index in [9.17, 15) is 4.79 Å². The van der Waals surface area contributed by atoms with Crippen molar-refractivity contribution in [2.24, 2.45) is 0 Å². The Hall–Kier alpha value is -2.36. The number of esters is 1. The van der Waals surface area contributed by atoms with Crippen LogP contribution < -0.4 is 0 Å². The van der Waals surface area contributed by atoms with Crippen LogP contribution in [0.5, 0.6) is 0 Å². The lowest BCUT2D eigenvalue weighted by atomic mass is 10.2. The maximum Gasteiger partial charge on any atom is 0.375 e. The number of aromatic nitrogens is 1. The molecule has 2 aromatic rings. The van der Waals surface area contributed by atoms with E-state index in [-0.39, 0.29) is 5.76 Å². The summed E-state index contributed by atoms with van der Waals surface area (Å²) in [4.78, 5) is 15.3. The van der Waals surface area contributed by atoms with Gasteiger partial charge >= 0.3 is 5.97 Å². The van der Waals surface area contributed by atoms with E-state index in [1.165, 1.54) is 6.20 Å². The highest BCUT2D eigenvalue weighted by molar-refractivity contribution is 5.86. The quantitative estimate of drug-likeness (QED) is 0.774. The van der Waals surface area contributed by atoms with Gasteiger partial charge in [-0.25, -0.2) is 9.78 Å². The van der Waals surface area contributed by atoms with Crippen molar-refractivity contribution in [1.82, 2.24) is 4.98 Å². The van der Waals surface area contributed by atoms with Gasteiger partial charge in [-0.15, -0.1) is 0 Å². The predicted molar refractivity (Wildman–Crippen MR) is 67.8 cm³/mol. The zero-order valence-electron chi connectivity index (χ0n) is 10.00. The summed E-state index contributed by atoms with van der Waals surface area (Å²) >= 11 is 0. The van der Waals surface area contributed by atoms with E-state index in [2.05, 4.69) is 4.98 Å². The fourth-order valence-corrected chi connectivity index (χ4v) is 1.39. The molecule has 0 saturated carbocycles. The van der Waals surface area contributed by atoms with Crippen molar-refractivity contribution in [2.45, 2.75) is 6.92 Å². The number of hydrogen-bond acceptors (Lipinski definition) is 4. The Morgan fingerprint density at radius 3 is 2.83 bits per heavy atom. The largest absolute Gasteiger partial charge is 0.460 e. The molecule has 18 heavy (non-hydrogen) atoms. The van der Waals surface area contributed by atoms with Gasteiger partial charge in [-0.1, -0.05) is 30.3 Å². The summed E-state index contributed by atoms with van der Waals surface area (Å²) in [6.45, 7) is 2.05. The molecule has 0 aliphatic heterocycles. The molecule has 0 radical (unpaired) electrons. The standard InChI is InChI=1S/C14H13NO3/c1-2-17-14(16)12-10-15-13(18-12)9-8-11-6-4-3-5-7-11/h3-10H,2H2,1H3. The number of ether oxygens (including phenoxy) is 1. The van der Waals surface area contributed by atoms with Gasteiger partial charge in [-0.2, -0.15) is 0 Å². The van der Waals surface area contributed by atoms with Gasteiger partial charge in [0.25, 0.3) is 0 Å². The molecule has 1 aromatic heterocycles. The first-order chi connectivity index (χ1) is 8.79. The second-order valence-corrected chi connectivity index (χ2v) is 3.53. The monoisotopic (exact) mass is 243 g/mol. The lowest BCUT2D eigenvalue weighted by Crippen LogP contribution is -2.02. The third-order valence-electron chi connectivity index (χ3n) is 2.22. The summed E-state index contributed by atoms with van der Waals surface area (Å²) in [6, 6.07) is 9.76. The molecule has 0 saturated heterocycles. The molecule has 0 spiro atoms. The Labute approximate surface area is 105 Å². The van der Waals surface area contributed by atoms with Crippen LogP contribution in [0.25, 0.3) is 12.2 Å². The van der Waals surface area contributed by atoms with Crippen LogP contribution in [-0.4, -0.2) is 17.6 Å². The molecule has 92 valence electrons. The summed E-state index contributed by atoms with van der Waals surface area (Å²) in [6.07, 6.45) is 4.93. The van der Waals surface area contributed by atoms with Gasteiger partial charge in [0.15, 0.2) is 0 Å².